The van der Waals surface area contributed by atoms with Crippen molar-refractivity contribution in [1.29, 1.82) is 0 Å². The standard InChI is InChI=1S/C13H19NO2S/c1-10-4-5-12(8-11(10)2)17-9-13(15)14-6-7-16-3/h4-5,8H,6-7,9H2,1-3H3,(H,14,15). The summed E-state index contributed by atoms with van der Waals surface area (Å²) in [6.07, 6.45) is 0. The Balaban J connectivity index is 2.34. The van der Waals surface area contributed by atoms with E-state index in [1.54, 1.807) is 18.9 Å². The van der Waals surface area contributed by atoms with Crippen molar-refractivity contribution in [3.05, 3.63) is 29.3 Å². The monoisotopic (exact) mass is 253 g/mol. The maximum absolute atomic E-state index is 11.5. The molecule has 1 N–H and O–H groups in total. The fraction of sp³-hybridized carbons (Fsp3) is 0.462. The molecule has 0 atom stereocenters. The molecule has 0 spiro atoms. The molecule has 0 saturated heterocycles. The van der Waals surface area contributed by atoms with Gasteiger partial charge in [0.1, 0.15) is 0 Å². The van der Waals surface area contributed by atoms with Gasteiger partial charge < -0.3 is 10.1 Å². The zero-order valence-electron chi connectivity index (χ0n) is 10.6. The van der Waals surface area contributed by atoms with Gasteiger partial charge in [0, 0.05) is 18.6 Å². The van der Waals surface area contributed by atoms with Crippen LogP contribution in [0.1, 0.15) is 11.1 Å². The van der Waals surface area contributed by atoms with E-state index in [-0.39, 0.29) is 5.91 Å². The molecule has 1 rings (SSSR count). The molecule has 1 aromatic rings. The van der Waals surface area contributed by atoms with Crippen LogP contribution in [0, 0.1) is 13.8 Å². The van der Waals surface area contributed by atoms with Crippen molar-refractivity contribution >= 4 is 17.7 Å². The minimum absolute atomic E-state index is 0.0466. The Kier molecular flexibility index (Phi) is 6.08. The first-order valence-corrected chi connectivity index (χ1v) is 6.57. The predicted molar refractivity (Wildman–Crippen MR) is 71.5 cm³/mol. The van der Waals surface area contributed by atoms with Crippen LogP contribution in [-0.4, -0.2) is 31.9 Å². The van der Waals surface area contributed by atoms with E-state index in [1.165, 1.54) is 11.1 Å². The van der Waals surface area contributed by atoms with Crippen molar-refractivity contribution in [1.82, 2.24) is 5.32 Å². The Morgan fingerprint density at radius 3 is 2.76 bits per heavy atom. The Bertz CT molecular complexity index is 380. The second-order valence-electron chi connectivity index (χ2n) is 3.88. The van der Waals surface area contributed by atoms with Gasteiger partial charge in [0.15, 0.2) is 0 Å². The molecule has 0 saturated carbocycles. The Morgan fingerprint density at radius 1 is 1.35 bits per heavy atom. The normalized spacial score (nSPS) is 10.3. The van der Waals surface area contributed by atoms with E-state index in [4.69, 9.17) is 4.74 Å². The second kappa shape index (κ2) is 7.35. The second-order valence-corrected chi connectivity index (χ2v) is 4.93. The molecule has 3 nitrogen and oxygen atoms in total. The number of carbonyl (C=O) groups is 1. The number of thioether (sulfide) groups is 1. The number of nitrogens with one attached hydrogen (secondary N) is 1. The van der Waals surface area contributed by atoms with Crippen LogP contribution in [0.2, 0.25) is 0 Å². The highest BCUT2D eigenvalue weighted by Gasteiger charge is 2.03. The van der Waals surface area contributed by atoms with E-state index in [0.717, 1.165) is 4.90 Å². The van der Waals surface area contributed by atoms with E-state index in [9.17, 15) is 4.79 Å². The number of carbonyl (C=O) groups excluding carboxylic acids is 1. The van der Waals surface area contributed by atoms with Crippen molar-refractivity contribution in [3.63, 3.8) is 0 Å². The lowest BCUT2D eigenvalue weighted by molar-refractivity contribution is -0.118. The lowest BCUT2D eigenvalue weighted by Gasteiger charge is -2.06. The SMILES string of the molecule is COCCNC(=O)CSc1ccc(C)c(C)c1. The summed E-state index contributed by atoms with van der Waals surface area (Å²) in [5, 5.41) is 2.80. The molecule has 1 amide bonds. The summed E-state index contributed by atoms with van der Waals surface area (Å²) in [5.41, 5.74) is 2.54. The van der Waals surface area contributed by atoms with Gasteiger partial charge in [-0.15, -0.1) is 11.8 Å². The average molecular weight is 253 g/mol. The van der Waals surface area contributed by atoms with Crippen LogP contribution in [-0.2, 0) is 9.53 Å². The van der Waals surface area contributed by atoms with E-state index in [0.29, 0.717) is 18.9 Å². The van der Waals surface area contributed by atoms with Crippen LogP contribution in [0.5, 0.6) is 0 Å². The van der Waals surface area contributed by atoms with Gasteiger partial charge in [-0.05, 0) is 37.1 Å². The highest BCUT2D eigenvalue weighted by Crippen LogP contribution is 2.20. The van der Waals surface area contributed by atoms with E-state index >= 15 is 0 Å². The molecule has 0 radical (unpaired) electrons. The van der Waals surface area contributed by atoms with Crippen molar-refractivity contribution in [3.8, 4) is 0 Å². The minimum atomic E-state index is 0.0466. The van der Waals surface area contributed by atoms with Crippen molar-refractivity contribution in [2.45, 2.75) is 18.7 Å². The molecular formula is C13H19NO2S. The molecule has 17 heavy (non-hydrogen) atoms. The third kappa shape index (κ3) is 5.24. The van der Waals surface area contributed by atoms with Gasteiger partial charge in [0.2, 0.25) is 5.91 Å². The van der Waals surface area contributed by atoms with Gasteiger partial charge in [0.05, 0.1) is 12.4 Å². The smallest absolute Gasteiger partial charge is 0.230 e. The Morgan fingerprint density at radius 2 is 2.12 bits per heavy atom. The number of methoxy groups -OCH3 is 1. The molecule has 0 heterocycles. The van der Waals surface area contributed by atoms with Crippen LogP contribution in [0.4, 0.5) is 0 Å². The van der Waals surface area contributed by atoms with Gasteiger partial charge in [-0.1, -0.05) is 6.07 Å². The number of hydrogen-bond donors (Lipinski definition) is 1. The molecule has 0 aromatic heterocycles. The number of hydrogen-bond acceptors (Lipinski definition) is 3. The summed E-state index contributed by atoms with van der Waals surface area (Å²) in [5.74, 6) is 0.497. The zero-order chi connectivity index (χ0) is 12.7. The number of ether oxygens (including phenoxy) is 1. The third-order valence-electron chi connectivity index (χ3n) is 2.48. The first-order valence-electron chi connectivity index (χ1n) is 5.59. The lowest BCUT2D eigenvalue weighted by Crippen LogP contribution is -2.28. The number of amides is 1. The van der Waals surface area contributed by atoms with E-state index in [2.05, 4.69) is 37.4 Å². The van der Waals surface area contributed by atoms with Gasteiger partial charge in [0.25, 0.3) is 0 Å². The Labute approximate surface area is 107 Å². The average Bonchev–Trinajstić information content (AvgIpc) is 2.31. The molecule has 4 heteroatoms. The lowest BCUT2D eigenvalue weighted by atomic mass is 10.1. The first-order chi connectivity index (χ1) is 8.13. The maximum Gasteiger partial charge on any atom is 0.230 e. The van der Waals surface area contributed by atoms with Gasteiger partial charge in [-0.25, -0.2) is 0 Å². The highest BCUT2D eigenvalue weighted by atomic mass is 32.2. The van der Waals surface area contributed by atoms with Crippen LogP contribution in [0.25, 0.3) is 0 Å². The van der Waals surface area contributed by atoms with Crippen molar-refractivity contribution in [2.75, 3.05) is 26.0 Å². The summed E-state index contributed by atoms with van der Waals surface area (Å²) in [6, 6.07) is 6.25. The zero-order valence-corrected chi connectivity index (χ0v) is 11.4. The molecule has 1 aromatic carbocycles. The summed E-state index contributed by atoms with van der Waals surface area (Å²) in [6.45, 7) is 5.29. The van der Waals surface area contributed by atoms with Crippen LogP contribution in [0.3, 0.4) is 0 Å². The molecule has 0 unspecified atom stereocenters. The fourth-order valence-electron chi connectivity index (χ4n) is 1.30. The summed E-state index contributed by atoms with van der Waals surface area (Å²) in [4.78, 5) is 12.6. The number of rotatable bonds is 6. The van der Waals surface area contributed by atoms with Gasteiger partial charge in [-0.3, -0.25) is 4.79 Å². The van der Waals surface area contributed by atoms with Crippen molar-refractivity contribution in [2.24, 2.45) is 0 Å². The van der Waals surface area contributed by atoms with Gasteiger partial charge in [-0.2, -0.15) is 0 Å². The minimum Gasteiger partial charge on any atom is -0.383 e. The molecule has 0 fully saturated rings. The fourth-order valence-corrected chi connectivity index (χ4v) is 2.12. The molecule has 0 aliphatic carbocycles. The van der Waals surface area contributed by atoms with Crippen LogP contribution >= 0.6 is 11.8 Å². The molecule has 0 aliphatic heterocycles. The quantitative estimate of drug-likeness (QED) is 0.623. The third-order valence-corrected chi connectivity index (χ3v) is 3.47. The van der Waals surface area contributed by atoms with Gasteiger partial charge >= 0.3 is 0 Å². The largest absolute Gasteiger partial charge is 0.383 e. The molecule has 94 valence electrons. The summed E-state index contributed by atoms with van der Waals surface area (Å²) in [7, 11) is 1.62. The molecule has 0 aliphatic rings. The van der Waals surface area contributed by atoms with Crippen LogP contribution in [0.15, 0.2) is 23.1 Å². The predicted octanol–water partition coefficient (Wildman–Crippen LogP) is 2.16. The Hall–Kier alpha value is -1.00. The van der Waals surface area contributed by atoms with E-state index in [1.807, 2.05) is 0 Å². The maximum atomic E-state index is 11.5. The molecular weight excluding hydrogens is 234 g/mol. The highest BCUT2D eigenvalue weighted by molar-refractivity contribution is 8.00. The molecule has 0 bridgehead atoms. The topological polar surface area (TPSA) is 38.3 Å². The van der Waals surface area contributed by atoms with Crippen LogP contribution < -0.4 is 5.32 Å². The summed E-state index contributed by atoms with van der Waals surface area (Å²) < 4.78 is 4.86. The number of aryl methyl sites for hydroxylation is 2. The first kappa shape index (κ1) is 14.1. The van der Waals surface area contributed by atoms with E-state index < -0.39 is 0 Å². The summed E-state index contributed by atoms with van der Waals surface area (Å²) >= 11 is 1.56. The van der Waals surface area contributed by atoms with Crippen molar-refractivity contribution < 1.29 is 9.53 Å². The number of benzene rings is 1.